The molecule has 88 valence electrons. The first-order valence-corrected chi connectivity index (χ1v) is 5.99. The van der Waals surface area contributed by atoms with Crippen molar-refractivity contribution in [3.05, 3.63) is 0 Å². The van der Waals surface area contributed by atoms with Crippen LogP contribution in [0.3, 0.4) is 0 Å². The van der Waals surface area contributed by atoms with E-state index >= 15 is 0 Å². The van der Waals surface area contributed by atoms with Crippen molar-refractivity contribution in [3.8, 4) is 0 Å². The van der Waals surface area contributed by atoms with Crippen molar-refractivity contribution in [2.24, 2.45) is 5.92 Å². The largest absolute Gasteiger partial charge is 0.480 e. The van der Waals surface area contributed by atoms with Crippen molar-refractivity contribution in [2.45, 2.75) is 52.0 Å². The Hall–Kier alpha value is -0.570. The first-order valence-electron chi connectivity index (χ1n) is 5.99. The Morgan fingerprint density at radius 3 is 2.73 bits per heavy atom. The van der Waals surface area contributed by atoms with Crippen LogP contribution in [0.5, 0.6) is 0 Å². The van der Waals surface area contributed by atoms with E-state index in [-0.39, 0.29) is 0 Å². The van der Waals surface area contributed by atoms with Crippen LogP contribution in [0.15, 0.2) is 0 Å². The number of piperidine rings is 1. The minimum Gasteiger partial charge on any atom is -0.480 e. The van der Waals surface area contributed by atoms with Crippen LogP contribution in [0.4, 0.5) is 0 Å². The molecule has 2 atom stereocenters. The highest BCUT2D eigenvalue weighted by atomic mass is 16.4. The second-order valence-corrected chi connectivity index (χ2v) is 5.02. The molecule has 0 amide bonds. The third-order valence-corrected chi connectivity index (χ3v) is 3.55. The molecule has 1 aliphatic heterocycles. The molecule has 0 aliphatic carbocycles. The van der Waals surface area contributed by atoms with Gasteiger partial charge in [0.1, 0.15) is 5.54 Å². The molecule has 0 radical (unpaired) electrons. The summed E-state index contributed by atoms with van der Waals surface area (Å²) in [5.74, 6) is -0.0345. The van der Waals surface area contributed by atoms with Gasteiger partial charge in [-0.3, -0.25) is 9.69 Å². The van der Waals surface area contributed by atoms with Gasteiger partial charge in [0.2, 0.25) is 0 Å². The van der Waals surface area contributed by atoms with Crippen LogP contribution in [-0.2, 0) is 4.79 Å². The number of carbonyl (C=O) groups is 1. The molecule has 1 aliphatic rings. The number of nitrogens with zero attached hydrogens (tertiary/aromatic N) is 1. The quantitative estimate of drug-likeness (QED) is 0.779. The fourth-order valence-electron chi connectivity index (χ4n) is 2.52. The number of rotatable bonds is 4. The van der Waals surface area contributed by atoms with Crippen LogP contribution in [0.25, 0.3) is 0 Å². The lowest BCUT2D eigenvalue weighted by Crippen LogP contribution is -2.55. The lowest BCUT2D eigenvalue weighted by molar-refractivity contribution is -0.152. The summed E-state index contributed by atoms with van der Waals surface area (Å²) in [6.45, 7) is 8.00. The van der Waals surface area contributed by atoms with Crippen LogP contribution >= 0.6 is 0 Å². The number of carboxylic acid groups (broad SMARTS) is 1. The topological polar surface area (TPSA) is 40.5 Å². The van der Waals surface area contributed by atoms with Crippen molar-refractivity contribution in [1.82, 2.24) is 4.90 Å². The summed E-state index contributed by atoms with van der Waals surface area (Å²) < 4.78 is 0. The SMILES string of the molecule is CCCC(C)(C(=O)O)N1CCCC(C)C1. The number of likely N-dealkylation sites (tertiary alicyclic amines) is 1. The fraction of sp³-hybridized carbons (Fsp3) is 0.917. The lowest BCUT2D eigenvalue weighted by atomic mass is 9.89. The molecule has 2 unspecified atom stereocenters. The van der Waals surface area contributed by atoms with Crippen LogP contribution in [0.2, 0.25) is 0 Å². The van der Waals surface area contributed by atoms with Crippen molar-refractivity contribution in [3.63, 3.8) is 0 Å². The predicted molar refractivity (Wildman–Crippen MR) is 60.9 cm³/mol. The Labute approximate surface area is 92.5 Å². The van der Waals surface area contributed by atoms with Crippen molar-refractivity contribution in [1.29, 1.82) is 0 Å². The highest BCUT2D eigenvalue weighted by molar-refractivity contribution is 5.78. The molecular formula is C12H23NO2. The average molecular weight is 213 g/mol. The third-order valence-electron chi connectivity index (χ3n) is 3.55. The van der Waals surface area contributed by atoms with E-state index in [1.807, 2.05) is 6.92 Å². The molecule has 0 aromatic carbocycles. The minimum atomic E-state index is -0.668. The normalized spacial score (nSPS) is 27.3. The molecule has 0 saturated carbocycles. The molecule has 15 heavy (non-hydrogen) atoms. The maximum Gasteiger partial charge on any atom is 0.323 e. The maximum atomic E-state index is 11.4. The van der Waals surface area contributed by atoms with Crippen molar-refractivity contribution < 1.29 is 9.90 Å². The van der Waals surface area contributed by atoms with E-state index < -0.39 is 11.5 Å². The number of aliphatic carboxylic acids is 1. The highest BCUT2D eigenvalue weighted by Gasteiger charge is 2.39. The number of carboxylic acids is 1. The molecule has 3 heteroatoms. The van der Waals surface area contributed by atoms with Gasteiger partial charge in [0.05, 0.1) is 0 Å². The molecule has 0 aromatic heterocycles. The number of hydrogen-bond donors (Lipinski definition) is 1. The molecular weight excluding hydrogens is 190 g/mol. The van der Waals surface area contributed by atoms with Gasteiger partial charge in [-0.1, -0.05) is 20.3 Å². The van der Waals surface area contributed by atoms with Gasteiger partial charge in [-0.2, -0.15) is 0 Å². The van der Waals surface area contributed by atoms with Gasteiger partial charge in [0, 0.05) is 6.54 Å². The van der Waals surface area contributed by atoms with Gasteiger partial charge in [0.25, 0.3) is 0 Å². The first-order chi connectivity index (χ1) is 7.00. The predicted octanol–water partition coefficient (Wildman–Crippen LogP) is 2.36. The van der Waals surface area contributed by atoms with Crippen LogP contribution in [-0.4, -0.2) is 34.6 Å². The van der Waals surface area contributed by atoms with E-state index in [9.17, 15) is 9.90 Å². The summed E-state index contributed by atoms with van der Waals surface area (Å²) in [6.07, 6.45) is 4.04. The van der Waals surface area contributed by atoms with Crippen molar-refractivity contribution >= 4 is 5.97 Å². The maximum absolute atomic E-state index is 11.4. The van der Waals surface area contributed by atoms with Crippen LogP contribution in [0.1, 0.15) is 46.5 Å². The Kier molecular flexibility index (Phi) is 4.14. The van der Waals surface area contributed by atoms with E-state index in [0.29, 0.717) is 5.92 Å². The molecule has 1 N–H and O–H groups in total. The fourth-order valence-corrected chi connectivity index (χ4v) is 2.52. The molecule has 1 fully saturated rings. The molecule has 0 aromatic rings. The van der Waals surface area contributed by atoms with Gasteiger partial charge < -0.3 is 5.11 Å². The highest BCUT2D eigenvalue weighted by Crippen LogP contribution is 2.27. The zero-order valence-corrected chi connectivity index (χ0v) is 10.1. The minimum absolute atomic E-state index is 0.634. The van der Waals surface area contributed by atoms with E-state index in [1.165, 1.54) is 6.42 Å². The molecule has 0 bridgehead atoms. The molecule has 1 heterocycles. The van der Waals surface area contributed by atoms with Crippen molar-refractivity contribution in [2.75, 3.05) is 13.1 Å². The molecule has 1 rings (SSSR count). The summed E-state index contributed by atoms with van der Waals surface area (Å²) in [5, 5.41) is 9.36. The van der Waals surface area contributed by atoms with Crippen LogP contribution < -0.4 is 0 Å². The van der Waals surface area contributed by atoms with Gasteiger partial charge in [0.15, 0.2) is 0 Å². The van der Waals surface area contributed by atoms with Gasteiger partial charge in [-0.25, -0.2) is 0 Å². The summed E-state index contributed by atoms with van der Waals surface area (Å²) in [5.41, 5.74) is -0.649. The summed E-state index contributed by atoms with van der Waals surface area (Å²) in [4.78, 5) is 13.5. The van der Waals surface area contributed by atoms with E-state index in [1.54, 1.807) is 0 Å². The van der Waals surface area contributed by atoms with Gasteiger partial charge in [-0.15, -0.1) is 0 Å². The molecule has 1 saturated heterocycles. The Bertz CT molecular complexity index is 230. The Balaban J connectivity index is 2.74. The lowest BCUT2D eigenvalue weighted by Gasteiger charge is -2.42. The molecule has 0 spiro atoms. The zero-order chi connectivity index (χ0) is 11.5. The monoisotopic (exact) mass is 213 g/mol. The Morgan fingerprint density at radius 2 is 2.27 bits per heavy atom. The Morgan fingerprint density at radius 1 is 1.60 bits per heavy atom. The summed E-state index contributed by atoms with van der Waals surface area (Å²) in [7, 11) is 0. The average Bonchev–Trinajstić information content (AvgIpc) is 2.17. The first kappa shape index (κ1) is 12.5. The van der Waals surface area contributed by atoms with E-state index in [0.717, 1.165) is 32.4 Å². The number of hydrogen-bond acceptors (Lipinski definition) is 2. The van der Waals surface area contributed by atoms with Crippen LogP contribution in [0, 0.1) is 5.92 Å². The molecule has 3 nitrogen and oxygen atoms in total. The summed E-state index contributed by atoms with van der Waals surface area (Å²) in [6, 6.07) is 0. The standard InChI is InChI=1S/C12H23NO2/c1-4-7-12(3,11(14)15)13-8-5-6-10(2)9-13/h10H,4-9H2,1-3H3,(H,14,15). The smallest absolute Gasteiger partial charge is 0.323 e. The second kappa shape index (κ2) is 4.97. The van der Waals surface area contributed by atoms with Gasteiger partial charge >= 0.3 is 5.97 Å². The summed E-state index contributed by atoms with van der Waals surface area (Å²) >= 11 is 0. The zero-order valence-electron chi connectivity index (χ0n) is 10.1. The second-order valence-electron chi connectivity index (χ2n) is 5.02. The van der Waals surface area contributed by atoms with Gasteiger partial charge in [-0.05, 0) is 38.6 Å². The third kappa shape index (κ3) is 2.71. The van der Waals surface area contributed by atoms with E-state index in [2.05, 4.69) is 18.7 Å². The van der Waals surface area contributed by atoms with E-state index in [4.69, 9.17) is 0 Å².